The molecular weight excluding hydrogens is 244 g/mol. The Morgan fingerprint density at radius 3 is 2.63 bits per heavy atom. The molecule has 0 aromatic rings. The van der Waals surface area contributed by atoms with Gasteiger partial charge in [-0.15, -0.1) is 0 Å². The summed E-state index contributed by atoms with van der Waals surface area (Å²) in [6.07, 6.45) is 7.27. The number of amides is 2. The normalized spacial score (nSPS) is 20.9. The molecule has 0 bridgehead atoms. The first kappa shape index (κ1) is 15.8. The number of carboxylic acid groups (broad SMARTS) is 1. The van der Waals surface area contributed by atoms with Crippen molar-refractivity contribution in [2.45, 2.75) is 64.3 Å². The molecule has 0 aromatic carbocycles. The van der Waals surface area contributed by atoms with Crippen molar-refractivity contribution in [2.75, 3.05) is 6.54 Å². The highest BCUT2D eigenvalue weighted by Crippen LogP contribution is 2.34. The molecule has 0 radical (unpaired) electrons. The van der Waals surface area contributed by atoms with Crippen LogP contribution in [-0.4, -0.2) is 29.7 Å². The van der Waals surface area contributed by atoms with Crippen LogP contribution in [0, 0.1) is 5.92 Å². The van der Waals surface area contributed by atoms with Crippen molar-refractivity contribution in [3.63, 3.8) is 0 Å². The molecule has 1 fully saturated rings. The Balaban J connectivity index is 1.87. The highest BCUT2D eigenvalue weighted by atomic mass is 16.4. The fourth-order valence-corrected chi connectivity index (χ4v) is 2.29. The summed E-state index contributed by atoms with van der Waals surface area (Å²) in [5, 5.41) is 14.3. The second kappa shape index (κ2) is 8.77. The first-order valence-electron chi connectivity index (χ1n) is 7.39. The summed E-state index contributed by atoms with van der Waals surface area (Å²) in [4.78, 5) is 21.8. The molecule has 0 heterocycles. The van der Waals surface area contributed by atoms with Gasteiger partial charge in [-0.3, -0.25) is 4.79 Å². The van der Waals surface area contributed by atoms with E-state index in [-0.39, 0.29) is 12.5 Å². The van der Waals surface area contributed by atoms with Crippen LogP contribution in [0.1, 0.15) is 58.3 Å². The van der Waals surface area contributed by atoms with E-state index >= 15 is 0 Å². The van der Waals surface area contributed by atoms with Gasteiger partial charge in [0.25, 0.3) is 0 Å². The van der Waals surface area contributed by atoms with Crippen molar-refractivity contribution < 1.29 is 14.7 Å². The van der Waals surface area contributed by atoms with Crippen molar-refractivity contribution in [2.24, 2.45) is 5.92 Å². The van der Waals surface area contributed by atoms with Crippen LogP contribution in [0.5, 0.6) is 0 Å². The maximum atomic E-state index is 11.5. The van der Waals surface area contributed by atoms with E-state index in [0.29, 0.717) is 18.5 Å². The van der Waals surface area contributed by atoms with E-state index in [4.69, 9.17) is 5.11 Å². The largest absolute Gasteiger partial charge is 0.481 e. The van der Waals surface area contributed by atoms with Crippen molar-refractivity contribution in [1.29, 1.82) is 0 Å². The van der Waals surface area contributed by atoms with Gasteiger partial charge < -0.3 is 15.7 Å². The summed E-state index contributed by atoms with van der Waals surface area (Å²) in [7, 11) is 0. The standard InChI is InChI=1S/C14H26N2O3/c1-2-7-11-10-12(11)16-14(19)15-9-6-4-3-5-8-13(17)18/h11-12H,2-10H2,1H3,(H,17,18)(H2,15,16,19). The Labute approximate surface area is 115 Å². The summed E-state index contributed by atoms with van der Waals surface area (Å²) in [5.41, 5.74) is 0. The molecule has 5 heteroatoms. The Bertz CT molecular complexity index is 294. The molecule has 2 amide bonds. The zero-order valence-electron chi connectivity index (χ0n) is 11.8. The summed E-state index contributed by atoms with van der Waals surface area (Å²) >= 11 is 0. The lowest BCUT2D eigenvalue weighted by Gasteiger charge is -2.07. The lowest BCUT2D eigenvalue weighted by Crippen LogP contribution is -2.37. The number of hydrogen-bond donors (Lipinski definition) is 3. The molecule has 1 rings (SSSR count). The highest BCUT2D eigenvalue weighted by molar-refractivity contribution is 5.74. The number of hydrogen-bond acceptors (Lipinski definition) is 2. The monoisotopic (exact) mass is 270 g/mol. The molecule has 2 atom stereocenters. The first-order valence-corrected chi connectivity index (χ1v) is 7.39. The summed E-state index contributed by atoms with van der Waals surface area (Å²) in [6.45, 7) is 2.84. The average Bonchev–Trinajstić information content (AvgIpc) is 3.06. The van der Waals surface area contributed by atoms with E-state index in [1.807, 2.05) is 0 Å². The first-order chi connectivity index (χ1) is 9.13. The maximum Gasteiger partial charge on any atom is 0.315 e. The number of carboxylic acids is 1. The van der Waals surface area contributed by atoms with Gasteiger partial charge in [-0.25, -0.2) is 4.79 Å². The molecule has 1 saturated carbocycles. The Kier molecular flexibility index (Phi) is 7.30. The van der Waals surface area contributed by atoms with E-state index in [0.717, 1.165) is 32.1 Å². The second-order valence-corrected chi connectivity index (χ2v) is 5.35. The summed E-state index contributed by atoms with van der Waals surface area (Å²) < 4.78 is 0. The maximum absolute atomic E-state index is 11.5. The second-order valence-electron chi connectivity index (χ2n) is 5.35. The number of rotatable bonds is 10. The smallest absolute Gasteiger partial charge is 0.315 e. The predicted molar refractivity (Wildman–Crippen MR) is 74.1 cm³/mol. The van der Waals surface area contributed by atoms with Gasteiger partial charge in [-0.05, 0) is 31.6 Å². The van der Waals surface area contributed by atoms with Crippen LogP contribution in [0.2, 0.25) is 0 Å². The van der Waals surface area contributed by atoms with Crippen LogP contribution >= 0.6 is 0 Å². The quantitative estimate of drug-likeness (QED) is 0.534. The molecule has 0 aromatic heterocycles. The molecule has 19 heavy (non-hydrogen) atoms. The van der Waals surface area contributed by atoms with Crippen LogP contribution < -0.4 is 10.6 Å². The van der Waals surface area contributed by atoms with Crippen molar-refractivity contribution in [1.82, 2.24) is 10.6 Å². The van der Waals surface area contributed by atoms with Gasteiger partial charge in [0.15, 0.2) is 0 Å². The number of nitrogens with one attached hydrogen (secondary N) is 2. The zero-order valence-corrected chi connectivity index (χ0v) is 11.8. The van der Waals surface area contributed by atoms with Crippen LogP contribution in [-0.2, 0) is 4.79 Å². The molecule has 1 aliphatic rings. The molecule has 0 saturated heterocycles. The third-order valence-corrected chi connectivity index (χ3v) is 3.50. The fraction of sp³-hybridized carbons (Fsp3) is 0.857. The Hall–Kier alpha value is -1.26. The predicted octanol–water partition coefficient (Wildman–Crippen LogP) is 2.51. The van der Waals surface area contributed by atoms with Gasteiger partial charge in [0.05, 0.1) is 0 Å². The van der Waals surface area contributed by atoms with Gasteiger partial charge in [0, 0.05) is 19.0 Å². The summed E-state index contributed by atoms with van der Waals surface area (Å²) in [5.74, 6) is -0.0460. The van der Waals surface area contributed by atoms with E-state index < -0.39 is 5.97 Å². The molecule has 5 nitrogen and oxygen atoms in total. The summed E-state index contributed by atoms with van der Waals surface area (Å²) in [6, 6.07) is 0.324. The molecule has 3 N–H and O–H groups in total. The van der Waals surface area contributed by atoms with Crippen LogP contribution in [0.4, 0.5) is 4.79 Å². The number of urea groups is 1. The highest BCUT2D eigenvalue weighted by Gasteiger charge is 2.36. The third kappa shape index (κ3) is 7.70. The third-order valence-electron chi connectivity index (χ3n) is 3.50. The van der Waals surface area contributed by atoms with Crippen LogP contribution in [0.3, 0.4) is 0 Å². The fourth-order valence-electron chi connectivity index (χ4n) is 2.29. The molecule has 1 aliphatic carbocycles. The van der Waals surface area contributed by atoms with Crippen molar-refractivity contribution >= 4 is 12.0 Å². The van der Waals surface area contributed by atoms with Gasteiger partial charge in [0.1, 0.15) is 0 Å². The lowest BCUT2D eigenvalue weighted by atomic mass is 10.1. The van der Waals surface area contributed by atoms with Gasteiger partial charge in [-0.2, -0.15) is 0 Å². The van der Waals surface area contributed by atoms with E-state index in [1.54, 1.807) is 0 Å². The van der Waals surface area contributed by atoms with Crippen molar-refractivity contribution in [3.8, 4) is 0 Å². The Morgan fingerprint density at radius 2 is 1.95 bits per heavy atom. The Morgan fingerprint density at radius 1 is 1.21 bits per heavy atom. The average molecular weight is 270 g/mol. The number of carbonyl (C=O) groups is 2. The molecule has 110 valence electrons. The van der Waals surface area contributed by atoms with Gasteiger partial charge in [0.2, 0.25) is 0 Å². The van der Waals surface area contributed by atoms with E-state index in [9.17, 15) is 9.59 Å². The molecule has 0 spiro atoms. The molecule has 2 unspecified atom stereocenters. The topological polar surface area (TPSA) is 78.4 Å². The van der Waals surface area contributed by atoms with Crippen LogP contribution in [0.15, 0.2) is 0 Å². The van der Waals surface area contributed by atoms with Gasteiger partial charge >= 0.3 is 12.0 Å². The van der Waals surface area contributed by atoms with Gasteiger partial charge in [-0.1, -0.05) is 26.2 Å². The molecular formula is C14H26N2O3. The van der Waals surface area contributed by atoms with Crippen LogP contribution in [0.25, 0.3) is 0 Å². The van der Waals surface area contributed by atoms with Crippen molar-refractivity contribution in [3.05, 3.63) is 0 Å². The number of unbranched alkanes of at least 4 members (excludes halogenated alkanes) is 3. The lowest BCUT2D eigenvalue weighted by molar-refractivity contribution is -0.137. The minimum atomic E-state index is -0.733. The van der Waals surface area contributed by atoms with E-state index in [1.165, 1.54) is 12.8 Å². The number of aliphatic carboxylic acids is 1. The zero-order chi connectivity index (χ0) is 14.1. The minimum absolute atomic E-state index is 0.0610. The molecule has 0 aliphatic heterocycles. The SMILES string of the molecule is CCCC1CC1NC(=O)NCCCCCCC(=O)O. The van der Waals surface area contributed by atoms with E-state index in [2.05, 4.69) is 17.6 Å². The number of carbonyl (C=O) groups excluding carboxylic acids is 1. The minimum Gasteiger partial charge on any atom is -0.481 e.